The average Bonchev–Trinajstić information content (AvgIpc) is 3.74. The lowest BCUT2D eigenvalue weighted by Crippen LogP contribution is -2.55. The summed E-state index contributed by atoms with van der Waals surface area (Å²) in [5, 5.41) is 34.6. The predicted molar refractivity (Wildman–Crippen MR) is 169 cm³/mol. The summed E-state index contributed by atoms with van der Waals surface area (Å²) in [6.45, 7) is -0.756. The standard InChI is InChI=1S/C35H32N2O11/c1-44-28-12-19(16-39)10-21-29-22(33(41)36-8-9-38)14-24(30(40)32(29)48-31(21)28)37(15-18-6-7-26-27(11-18)46-17-45-26)34(42)23-13-20-4-2-3-5-25(20)47-35(23)43/h2-7,10-14,24,29-30,32,38-40H,8-9,15-17H2,1H3,(H,36,41)/t24-,29+,30+,32+/m1/s1. The topological polar surface area (TPSA) is 177 Å². The number of aliphatic hydroxyl groups excluding tert-OH is 3. The monoisotopic (exact) mass is 656 g/mol. The average molecular weight is 657 g/mol. The molecule has 13 nitrogen and oxygen atoms in total. The Bertz CT molecular complexity index is 2000. The molecule has 0 bridgehead atoms. The van der Waals surface area contributed by atoms with E-state index in [1.165, 1.54) is 24.2 Å². The van der Waals surface area contributed by atoms with Crippen LogP contribution in [0.1, 0.15) is 33.0 Å². The van der Waals surface area contributed by atoms with E-state index in [9.17, 15) is 29.7 Å². The van der Waals surface area contributed by atoms with Crippen LogP contribution in [-0.2, 0) is 17.9 Å². The summed E-state index contributed by atoms with van der Waals surface area (Å²) < 4.78 is 28.3. The van der Waals surface area contributed by atoms with Gasteiger partial charge in [0.05, 0.1) is 32.3 Å². The van der Waals surface area contributed by atoms with Crippen molar-refractivity contribution in [3.8, 4) is 23.0 Å². The van der Waals surface area contributed by atoms with Gasteiger partial charge in [-0.2, -0.15) is 0 Å². The maximum Gasteiger partial charge on any atom is 0.349 e. The van der Waals surface area contributed by atoms with E-state index in [1.54, 1.807) is 54.6 Å². The number of hydrogen-bond donors (Lipinski definition) is 4. The molecular formula is C35H32N2O11. The van der Waals surface area contributed by atoms with Crippen LogP contribution in [0.5, 0.6) is 23.0 Å². The number of rotatable bonds is 9. The van der Waals surface area contributed by atoms with Gasteiger partial charge >= 0.3 is 5.63 Å². The molecule has 0 unspecified atom stereocenters. The van der Waals surface area contributed by atoms with Gasteiger partial charge < -0.3 is 48.9 Å². The molecule has 2 aliphatic heterocycles. The number of nitrogens with zero attached hydrogens (tertiary/aromatic N) is 1. The van der Waals surface area contributed by atoms with Crippen molar-refractivity contribution in [3.05, 3.63) is 105 Å². The molecule has 4 aromatic rings. The molecule has 3 aromatic carbocycles. The highest BCUT2D eigenvalue weighted by Crippen LogP contribution is 2.51. The molecule has 4 N–H and O–H groups in total. The van der Waals surface area contributed by atoms with Gasteiger partial charge in [-0.1, -0.05) is 24.3 Å². The predicted octanol–water partition coefficient (Wildman–Crippen LogP) is 1.99. The number of hydrogen-bond acceptors (Lipinski definition) is 11. The second-order valence-electron chi connectivity index (χ2n) is 11.6. The number of fused-ring (bicyclic) bond motifs is 5. The van der Waals surface area contributed by atoms with E-state index in [4.69, 9.17) is 23.4 Å². The van der Waals surface area contributed by atoms with Crippen LogP contribution < -0.4 is 29.9 Å². The molecule has 13 heteroatoms. The van der Waals surface area contributed by atoms with Crippen molar-refractivity contribution >= 4 is 22.8 Å². The Morgan fingerprint density at radius 1 is 1.02 bits per heavy atom. The van der Waals surface area contributed by atoms with Crippen LogP contribution >= 0.6 is 0 Å². The van der Waals surface area contributed by atoms with Gasteiger partial charge in [-0.3, -0.25) is 9.59 Å². The maximum atomic E-state index is 14.5. The Balaban J connectivity index is 1.36. The first-order valence-corrected chi connectivity index (χ1v) is 15.3. The van der Waals surface area contributed by atoms with Crippen molar-refractivity contribution in [1.82, 2.24) is 10.2 Å². The van der Waals surface area contributed by atoms with E-state index in [-0.39, 0.29) is 50.0 Å². The Hall–Kier alpha value is -5.37. The van der Waals surface area contributed by atoms with Gasteiger partial charge in [0.1, 0.15) is 23.4 Å². The molecule has 3 heterocycles. The first-order chi connectivity index (χ1) is 23.3. The Morgan fingerprint density at radius 2 is 1.83 bits per heavy atom. The molecule has 248 valence electrons. The molecule has 4 atom stereocenters. The summed E-state index contributed by atoms with van der Waals surface area (Å²) in [4.78, 5) is 42.7. The molecule has 3 aliphatic rings. The van der Waals surface area contributed by atoms with Crippen molar-refractivity contribution < 1.29 is 48.3 Å². The normalized spacial score (nSPS) is 20.4. The zero-order valence-electron chi connectivity index (χ0n) is 25.8. The summed E-state index contributed by atoms with van der Waals surface area (Å²) in [7, 11) is 1.44. The number of para-hydroxylation sites is 1. The van der Waals surface area contributed by atoms with Crippen molar-refractivity contribution in [1.29, 1.82) is 0 Å². The quantitative estimate of drug-likeness (QED) is 0.194. The minimum atomic E-state index is -1.41. The van der Waals surface area contributed by atoms with Crippen molar-refractivity contribution in [3.63, 3.8) is 0 Å². The fourth-order valence-corrected chi connectivity index (χ4v) is 6.53. The molecule has 2 amide bonds. The molecule has 0 radical (unpaired) electrons. The molecule has 0 saturated heterocycles. The van der Waals surface area contributed by atoms with Crippen LogP contribution in [-0.4, -0.2) is 77.3 Å². The lowest BCUT2D eigenvalue weighted by Gasteiger charge is -2.40. The Morgan fingerprint density at radius 3 is 2.62 bits per heavy atom. The third-order valence-electron chi connectivity index (χ3n) is 8.78. The van der Waals surface area contributed by atoms with Crippen molar-refractivity contribution in [2.45, 2.75) is 37.3 Å². The number of amides is 2. The van der Waals surface area contributed by atoms with Crippen molar-refractivity contribution in [2.24, 2.45) is 0 Å². The summed E-state index contributed by atoms with van der Waals surface area (Å²) in [6.07, 6.45) is -1.000. The number of nitrogens with one attached hydrogen (secondary N) is 1. The minimum Gasteiger partial charge on any atom is -0.493 e. The zero-order chi connectivity index (χ0) is 33.5. The zero-order valence-corrected chi connectivity index (χ0v) is 25.8. The molecule has 48 heavy (non-hydrogen) atoms. The fraction of sp³-hybridized carbons (Fsp3) is 0.286. The molecular weight excluding hydrogens is 624 g/mol. The van der Waals surface area contributed by atoms with Crippen molar-refractivity contribution in [2.75, 3.05) is 27.1 Å². The van der Waals surface area contributed by atoms with Crippen LogP contribution in [0.3, 0.4) is 0 Å². The maximum absolute atomic E-state index is 14.5. The highest BCUT2D eigenvalue weighted by molar-refractivity contribution is 5.98. The Labute approximate surface area is 273 Å². The highest BCUT2D eigenvalue weighted by Gasteiger charge is 2.51. The molecule has 0 saturated carbocycles. The lowest BCUT2D eigenvalue weighted by atomic mass is 9.77. The van der Waals surface area contributed by atoms with Gasteiger partial charge in [0.2, 0.25) is 12.7 Å². The van der Waals surface area contributed by atoms with Gasteiger partial charge in [0, 0.05) is 29.6 Å². The van der Waals surface area contributed by atoms with Crippen LogP contribution in [0, 0.1) is 0 Å². The van der Waals surface area contributed by atoms with Gasteiger partial charge in [-0.05, 0) is 53.6 Å². The number of ether oxygens (including phenoxy) is 4. The molecule has 7 rings (SSSR count). The van der Waals surface area contributed by atoms with Gasteiger partial charge in [-0.25, -0.2) is 4.79 Å². The first kappa shape index (κ1) is 31.2. The third-order valence-corrected chi connectivity index (χ3v) is 8.78. The SMILES string of the molecule is COc1cc(CO)cc2c1O[C@@H]1[C@@H](O)[C@H](N(Cc3ccc4c(c3)OCO4)C(=O)c3cc4ccccc4oc3=O)C=C(C(=O)NCCO)[C@H]21. The van der Waals surface area contributed by atoms with Gasteiger partial charge in [-0.15, -0.1) is 0 Å². The fourth-order valence-electron chi connectivity index (χ4n) is 6.53. The Kier molecular flexibility index (Phi) is 8.25. The van der Waals surface area contributed by atoms with Gasteiger partial charge in [0.15, 0.2) is 23.0 Å². The van der Waals surface area contributed by atoms with Crippen LogP contribution in [0.25, 0.3) is 11.0 Å². The summed E-state index contributed by atoms with van der Waals surface area (Å²) in [6, 6.07) is 15.4. The first-order valence-electron chi connectivity index (χ1n) is 15.3. The second kappa shape index (κ2) is 12.7. The van der Waals surface area contributed by atoms with E-state index < -0.39 is 41.6 Å². The largest absolute Gasteiger partial charge is 0.493 e. The summed E-state index contributed by atoms with van der Waals surface area (Å²) in [5.41, 5.74) is 0.934. The summed E-state index contributed by atoms with van der Waals surface area (Å²) in [5.74, 6) is -0.545. The molecule has 0 spiro atoms. The van der Waals surface area contributed by atoms with Gasteiger partial charge in [0.25, 0.3) is 5.91 Å². The van der Waals surface area contributed by atoms with E-state index in [1.807, 2.05) is 0 Å². The van der Waals surface area contributed by atoms with E-state index >= 15 is 0 Å². The number of carbonyl (C=O) groups is 2. The minimum absolute atomic E-state index is 0.0401. The van der Waals surface area contributed by atoms with E-state index in [0.717, 1.165) is 0 Å². The number of carbonyl (C=O) groups excluding carboxylic acids is 2. The number of aliphatic hydroxyl groups is 3. The van der Waals surface area contributed by atoms with E-state index in [0.29, 0.717) is 44.9 Å². The second-order valence-corrected chi connectivity index (χ2v) is 11.6. The molecule has 0 fully saturated rings. The lowest BCUT2D eigenvalue weighted by molar-refractivity contribution is -0.118. The smallest absolute Gasteiger partial charge is 0.349 e. The van der Waals surface area contributed by atoms with Crippen LogP contribution in [0.2, 0.25) is 0 Å². The third kappa shape index (κ3) is 5.41. The van der Waals surface area contributed by atoms with Crippen LogP contribution in [0.4, 0.5) is 0 Å². The number of methoxy groups -OCH3 is 1. The molecule has 1 aliphatic carbocycles. The van der Waals surface area contributed by atoms with Crippen LogP contribution in [0.15, 0.2) is 81.5 Å². The molecule has 1 aromatic heterocycles. The summed E-state index contributed by atoms with van der Waals surface area (Å²) >= 11 is 0. The number of benzene rings is 3. The highest BCUT2D eigenvalue weighted by atomic mass is 16.7. The van der Waals surface area contributed by atoms with E-state index in [2.05, 4.69) is 5.32 Å².